The number of ketones is 1. The van der Waals surface area contributed by atoms with Crippen LogP contribution in [0.3, 0.4) is 0 Å². The molecule has 8 heteroatoms. The zero-order chi connectivity index (χ0) is 19.2. The minimum Gasteiger partial charge on any atom is -0.387 e. The first-order valence-corrected chi connectivity index (χ1v) is 8.81. The smallest absolute Gasteiger partial charge is 0.225 e. The molecule has 0 saturated carbocycles. The molecule has 7 nitrogen and oxygen atoms in total. The highest BCUT2D eigenvalue weighted by atomic mass is 19.1. The fourth-order valence-electron chi connectivity index (χ4n) is 2.96. The third kappa shape index (κ3) is 4.85. The van der Waals surface area contributed by atoms with E-state index in [1.165, 1.54) is 0 Å². The Bertz CT molecular complexity index is 819. The number of anilines is 1. The van der Waals surface area contributed by atoms with Gasteiger partial charge in [-0.15, -0.1) is 0 Å². The van der Waals surface area contributed by atoms with Crippen LogP contribution in [0.1, 0.15) is 18.4 Å². The molecule has 0 atom stereocenters. The van der Waals surface area contributed by atoms with E-state index in [2.05, 4.69) is 9.97 Å². The first-order chi connectivity index (χ1) is 13.0. The van der Waals surface area contributed by atoms with E-state index < -0.39 is 0 Å². The average molecular weight is 371 g/mol. The number of nitrogens with two attached hydrogens (primary N) is 1. The van der Waals surface area contributed by atoms with Crippen molar-refractivity contribution in [1.29, 1.82) is 5.41 Å². The standard InChI is InChI=1S/C19H22FN5O2/c20-18-13(4-5-15(26)10-17(21)22)2-1-3-16(18)14-11-23-19(24-12-14)25-6-8-27-9-7-25/h1-3,11-12H,4-10H2,(H3,21,22). The lowest BCUT2D eigenvalue weighted by Crippen LogP contribution is -2.37. The van der Waals surface area contributed by atoms with Crippen LogP contribution in [0, 0.1) is 11.2 Å². The molecule has 1 aliphatic rings. The third-order valence-corrected chi connectivity index (χ3v) is 4.38. The van der Waals surface area contributed by atoms with Crippen molar-refractivity contribution in [2.75, 3.05) is 31.2 Å². The van der Waals surface area contributed by atoms with Gasteiger partial charge in [-0.2, -0.15) is 0 Å². The van der Waals surface area contributed by atoms with Gasteiger partial charge in [-0.05, 0) is 12.0 Å². The minimum absolute atomic E-state index is 0.0991. The highest BCUT2D eigenvalue weighted by Gasteiger charge is 2.16. The zero-order valence-corrected chi connectivity index (χ0v) is 14.9. The second kappa shape index (κ2) is 8.68. The van der Waals surface area contributed by atoms with E-state index in [-0.39, 0.29) is 36.7 Å². The number of carbonyl (C=O) groups excluding carboxylic acids is 1. The molecule has 3 N–H and O–H groups in total. The number of halogens is 1. The van der Waals surface area contributed by atoms with Gasteiger partial charge < -0.3 is 15.4 Å². The van der Waals surface area contributed by atoms with Crippen molar-refractivity contribution >= 4 is 17.6 Å². The Kier molecular flexibility index (Phi) is 6.08. The molecule has 0 bridgehead atoms. The number of hydrogen-bond donors (Lipinski definition) is 2. The molecular weight excluding hydrogens is 349 g/mol. The molecule has 1 aromatic carbocycles. The maximum atomic E-state index is 14.9. The number of amidine groups is 1. The van der Waals surface area contributed by atoms with Gasteiger partial charge >= 0.3 is 0 Å². The second-order valence-corrected chi connectivity index (χ2v) is 6.39. The highest BCUT2D eigenvalue weighted by molar-refractivity contribution is 5.98. The number of carbonyl (C=O) groups is 1. The second-order valence-electron chi connectivity index (χ2n) is 6.39. The van der Waals surface area contributed by atoms with Crippen molar-refractivity contribution in [2.45, 2.75) is 19.3 Å². The lowest BCUT2D eigenvalue weighted by molar-refractivity contribution is -0.117. The monoisotopic (exact) mass is 371 g/mol. The summed E-state index contributed by atoms with van der Waals surface area (Å²) in [5.74, 6) is -0.124. The molecule has 0 aliphatic carbocycles. The van der Waals surface area contributed by atoms with E-state index in [1.807, 2.05) is 4.90 Å². The van der Waals surface area contributed by atoms with Gasteiger partial charge in [0.05, 0.1) is 25.5 Å². The van der Waals surface area contributed by atoms with Crippen molar-refractivity contribution in [1.82, 2.24) is 9.97 Å². The van der Waals surface area contributed by atoms with E-state index in [0.29, 0.717) is 35.9 Å². The Morgan fingerprint density at radius 2 is 1.96 bits per heavy atom. The fourth-order valence-corrected chi connectivity index (χ4v) is 2.96. The van der Waals surface area contributed by atoms with Crippen molar-refractivity contribution in [3.05, 3.63) is 42.0 Å². The zero-order valence-electron chi connectivity index (χ0n) is 14.9. The number of aromatic nitrogens is 2. The largest absolute Gasteiger partial charge is 0.387 e. The predicted molar refractivity (Wildman–Crippen MR) is 100 cm³/mol. The molecule has 1 aromatic heterocycles. The Morgan fingerprint density at radius 3 is 2.63 bits per heavy atom. The summed E-state index contributed by atoms with van der Waals surface area (Å²) in [5, 5.41) is 7.15. The normalized spacial score (nSPS) is 14.2. The van der Waals surface area contributed by atoms with Gasteiger partial charge in [0, 0.05) is 43.0 Å². The fraction of sp³-hybridized carbons (Fsp3) is 0.368. The molecule has 0 radical (unpaired) electrons. The summed E-state index contributed by atoms with van der Waals surface area (Å²) in [5.41, 5.74) is 6.66. The quantitative estimate of drug-likeness (QED) is 0.569. The van der Waals surface area contributed by atoms with E-state index in [4.69, 9.17) is 15.9 Å². The van der Waals surface area contributed by atoms with E-state index in [1.54, 1.807) is 30.6 Å². The van der Waals surface area contributed by atoms with Gasteiger partial charge in [0.1, 0.15) is 11.6 Å². The lowest BCUT2D eigenvalue weighted by atomic mass is 10.00. The summed E-state index contributed by atoms with van der Waals surface area (Å²) in [4.78, 5) is 22.4. The third-order valence-electron chi connectivity index (χ3n) is 4.38. The number of morpholine rings is 1. The highest BCUT2D eigenvalue weighted by Crippen LogP contribution is 2.25. The summed E-state index contributed by atoms with van der Waals surface area (Å²) in [6.07, 6.45) is 3.53. The molecule has 2 aromatic rings. The van der Waals surface area contributed by atoms with Crippen LogP contribution < -0.4 is 10.6 Å². The molecule has 142 valence electrons. The van der Waals surface area contributed by atoms with Crippen LogP contribution in [-0.2, 0) is 16.0 Å². The van der Waals surface area contributed by atoms with Gasteiger partial charge in [-0.1, -0.05) is 18.2 Å². The molecule has 0 amide bonds. The predicted octanol–water partition coefficient (Wildman–Crippen LogP) is 1.95. The maximum absolute atomic E-state index is 14.9. The maximum Gasteiger partial charge on any atom is 0.225 e. The Morgan fingerprint density at radius 1 is 1.26 bits per heavy atom. The molecule has 1 fully saturated rings. The SMILES string of the molecule is N=C(N)CC(=O)CCc1cccc(-c2cnc(N3CCOCC3)nc2)c1F. The summed E-state index contributed by atoms with van der Waals surface area (Å²) >= 11 is 0. The van der Waals surface area contributed by atoms with Crippen LogP contribution in [0.4, 0.5) is 10.3 Å². The molecule has 1 saturated heterocycles. The van der Waals surface area contributed by atoms with Gasteiger partial charge in [0.25, 0.3) is 0 Å². The van der Waals surface area contributed by atoms with Crippen LogP contribution in [0.5, 0.6) is 0 Å². The topological polar surface area (TPSA) is 105 Å². The number of benzene rings is 1. The van der Waals surface area contributed by atoms with Crippen molar-refractivity contribution in [3.8, 4) is 11.1 Å². The summed E-state index contributed by atoms with van der Waals surface area (Å²) in [6, 6.07) is 5.07. The number of nitrogens with zero attached hydrogens (tertiary/aromatic N) is 3. The van der Waals surface area contributed by atoms with Crippen LogP contribution in [0.15, 0.2) is 30.6 Å². The lowest BCUT2D eigenvalue weighted by Gasteiger charge is -2.26. The number of aryl methyl sites for hydroxylation is 1. The average Bonchev–Trinajstić information content (AvgIpc) is 2.67. The van der Waals surface area contributed by atoms with Gasteiger partial charge in [-0.3, -0.25) is 10.2 Å². The summed E-state index contributed by atoms with van der Waals surface area (Å²) in [6.45, 7) is 2.75. The summed E-state index contributed by atoms with van der Waals surface area (Å²) in [7, 11) is 0. The Labute approximate surface area is 156 Å². The molecule has 2 heterocycles. The van der Waals surface area contributed by atoms with E-state index in [9.17, 15) is 9.18 Å². The number of ether oxygens (including phenoxy) is 1. The van der Waals surface area contributed by atoms with E-state index in [0.717, 1.165) is 13.1 Å². The van der Waals surface area contributed by atoms with Crippen molar-refractivity contribution in [3.63, 3.8) is 0 Å². The Hall–Kier alpha value is -2.87. The molecule has 3 rings (SSSR count). The number of Topliss-reactive ketones (excluding diaryl/α,β-unsaturated/α-hetero) is 1. The molecule has 1 aliphatic heterocycles. The van der Waals surface area contributed by atoms with Gasteiger partial charge in [0.2, 0.25) is 5.95 Å². The first-order valence-electron chi connectivity index (χ1n) is 8.81. The molecule has 27 heavy (non-hydrogen) atoms. The Balaban J connectivity index is 1.73. The number of hydrogen-bond acceptors (Lipinski definition) is 6. The molecule has 0 spiro atoms. The van der Waals surface area contributed by atoms with Crippen molar-refractivity contribution in [2.24, 2.45) is 5.73 Å². The summed E-state index contributed by atoms with van der Waals surface area (Å²) < 4.78 is 20.2. The van der Waals surface area contributed by atoms with Crippen LogP contribution in [0.2, 0.25) is 0 Å². The van der Waals surface area contributed by atoms with Gasteiger partial charge in [-0.25, -0.2) is 14.4 Å². The number of rotatable bonds is 7. The first kappa shape index (κ1) is 18.9. The van der Waals surface area contributed by atoms with Crippen LogP contribution >= 0.6 is 0 Å². The van der Waals surface area contributed by atoms with Crippen LogP contribution in [-0.4, -0.2) is 47.9 Å². The van der Waals surface area contributed by atoms with Crippen molar-refractivity contribution < 1.29 is 13.9 Å². The molecule has 0 unspecified atom stereocenters. The van der Waals surface area contributed by atoms with E-state index >= 15 is 0 Å². The minimum atomic E-state index is -0.379. The molecular formula is C19H22FN5O2. The van der Waals surface area contributed by atoms with Crippen LogP contribution in [0.25, 0.3) is 11.1 Å². The van der Waals surface area contributed by atoms with Gasteiger partial charge in [0.15, 0.2) is 0 Å². The number of nitrogens with one attached hydrogen (secondary N) is 1.